The molecule has 0 bridgehead atoms. The van der Waals surface area contributed by atoms with Crippen molar-refractivity contribution in [3.63, 3.8) is 0 Å². The molecule has 0 saturated heterocycles. The van der Waals surface area contributed by atoms with Gasteiger partial charge in [0.15, 0.2) is 0 Å². The number of hydrogen-bond donors (Lipinski definition) is 1. The van der Waals surface area contributed by atoms with Crippen molar-refractivity contribution >= 4 is 23.5 Å². The van der Waals surface area contributed by atoms with Crippen LogP contribution >= 0.6 is 11.6 Å². The summed E-state index contributed by atoms with van der Waals surface area (Å²) in [6, 6.07) is 9.16. The molecule has 5 heteroatoms. The van der Waals surface area contributed by atoms with Gasteiger partial charge in [0.05, 0.1) is 0 Å². The maximum absolute atomic E-state index is 12.5. The molecule has 0 saturated carbocycles. The second-order valence-electron chi connectivity index (χ2n) is 5.91. The third-order valence-corrected chi connectivity index (χ3v) is 3.22. The van der Waals surface area contributed by atoms with Crippen LogP contribution in [0.2, 0.25) is 5.15 Å². The normalized spacial score (nSPS) is 11.3. The van der Waals surface area contributed by atoms with Crippen LogP contribution in [0.15, 0.2) is 30.3 Å². The molecule has 2 rings (SSSR count). The van der Waals surface area contributed by atoms with E-state index in [0.29, 0.717) is 16.4 Å². The molecule has 1 N–H and O–H groups in total. The number of benzene rings is 1. The van der Waals surface area contributed by atoms with Crippen molar-refractivity contribution in [2.24, 2.45) is 0 Å². The lowest BCUT2D eigenvalue weighted by Crippen LogP contribution is -2.21. The molecule has 2 aromatic rings. The summed E-state index contributed by atoms with van der Waals surface area (Å²) in [5.41, 5.74) is 2.17. The highest BCUT2D eigenvalue weighted by Gasteiger charge is 2.21. The van der Waals surface area contributed by atoms with Gasteiger partial charge in [-0.1, -0.05) is 50.6 Å². The number of aromatic nitrogens is 2. The van der Waals surface area contributed by atoms with E-state index in [1.54, 1.807) is 19.1 Å². The molecule has 0 spiro atoms. The molecule has 0 aliphatic rings. The van der Waals surface area contributed by atoms with E-state index in [4.69, 9.17) is 11.6 Å². The molecule has 1 aromatic carbocycles. The van der Waals surface area contributed by atoms with Crippen LogP contribution < -0.4 is 5.32 Å². The number of aryl methyl sites for hydroxylation is 1. The summed E-state index contributed by atoms with van der Waals surface area (Å²) in [5.74, 6) is -0.0177. The Morgan fingerprint density at radius 1 is 1.19 bits per heavy atom. The van der Waals surface area contributed by atoms with Crippen molar-refractivity contribution in [1.29, 1.82) is 0 Å². The molecule has 0 fully saturated rings. The third kappa shape index (κ3) is 3.79. The van der Waals surface area contributed by atoms with Crippen LogP contribution in [-0.4, -0.2) is 15.9 Å². The lowest BCUT2D eigenvalue weighted by molar-refractivity contribution is 0.102. The minimum Gasteiger partial charge on any atom is -0.290 e. The van der Waals surface area contributed by atoms with Gasteiger partial charge in [-0.15, -0.1) is 0 Å². The van der Waals surface area contributed by atoms with Crippen molar-refractivity contribution < 1.29 is 4.79 Å². The number of carbonyl (C=O) groups excluding carboxylic acids is 1. The molecular weight excluding hydrogens is 286 g/mol. The lowest BCUT2D eigenvalue weighted by Gasteiger charge is -2.22. The first-order chi connectivity index (χ1) is 9.77. The smallest absolute Gasteiger partial charge is 0.258 e. The average Bonchev–Trinajstić information content (AvgIpc) is 2.36. The molecular formula is C16H18ClN3O. The van der Waals surface area contributed by atoms with Gasteiger partial charge in [-0.25, -0.2) is 9.97 Å². The number of amides is 1. The standard InChI is InChI=1S/C16H18ClN3O/c1-10-9-13(17)19-15(18-10)20-14(21)11-7-5-6-8-12(11)16(2,3)4/h5-9H,1-4H3,(H,18,19,20,21). The quantitative estimate of drug-likeness (QED) is 0.854. The minimum atomic E-state index is -0.234. The number of anilines is 1. The lowest BCUT2D eigenvalue weighted by atomic mass is 9.83. The van der Waals surface area contributed by atoms with E-state index in [2.05, 4.69) is 36.1 Å². The fourth-order valence-corrected chi connectivity index (χ4v) is 2.33. The molecule has 1 heterocycles. The van der Waals surface area contributed by atoms with E-state index in [1.165, 1.54) is 0 Å². The molecule has 0 atom stereocenters. The highest BCUT2D eigenvalue weighted by molar-refractivity contribution is 6.29. The van der Waals surface area contributed by atoms with Crippen molar-refractivity contribution in [3.8, 4) is 0 Å². The van der Waals surface area contributed by atoms with Crippen LogP contribution in [0.3, 0.4) is 0 Å². The summed E-state index contributed by atoms with van der Waals surface area (Å²) >= 11 is 5.88. The first kappa shape index (κ1) is 15.4. The number of hydrogen-bond acceptors (Lipinski definition) is 3. The molecule has 21 heavy (non-hydrogen) atoms. The van der Waals surface area contributed by atoms with Gasteiger partial charge < -0.3 is 0 Å². The van der Waals surface area contributed by atoms with Crippen LogP contribution in [0.25, 0.3) is 0 Å². The van der Waals surface area contributed by atoms with E-state index in [9.17, 15) is 4.79 Å². The van der Waals surface area contributed by atoms with E-state index >= 15 is 0 Å². The van der Waals surface area contributed by atoms with E-state index in [-0.39, 0.29) is 17.3 Å². The second kappa shape index (κ2) is 5.82. The van der Waals surface area contributed by atoms with Crippen molar-refractivity contribution in [3.05, 3.63) is 52.3 Å². The van der Waals surface area contributed by atoms with Crippen LogP contribution in [0, 0.1) is 6.92 Å². The van der Waals surface area contributed by atoms with E-state index in [1.807, 2.05) is 18.2 Å². The van der Waals surface area contributed by atoms with Gasteiger partial charge >= 0.3 is 0 Å². The monoisotopic (exact) mass is 303 g/mol. The summed E-state index contributed by atoms with van der Waals surface area (Å²) in [6.45, 7) is 8.00. The zero-order valence-electron chi connectivity index (χ0n) is 12.6. The Hall–Kier alpha value is -1.94. The Labute approximate surface area is 129 Å². The van der Waals surface area contributed by atoms with Gasteiger partial charge in [-0.3, -0.25) is 10.1 Å². The number of nitrogens with one attached hydrogen (secondary N) is 1. The number of carbonyl (C=O) groups is 1. The molecule has 1 aromatic heterocycles. The van der Waals surface area contributed by atoms with Gasteiger partial charge in [0, 0.05) is 11.3 Å². The summed E-state index contributed by atoms with van der Waals surface area (Å²) < 4.78 is 0. The molecule has 0 radical (unpaired) electrons. The topological polar surface area (TPSA) is 54.9 Å². The largest absolute Gasteiger partial charge is 0.290 e. The van der Waals surface area contributed by atoms with E-state index < -0.39 is 0 Å². The molecule has 1 amide bonds. The summed E-state index contributed by atoms with van der Waals surface area (Å²) in [4.78, 5) is 20.6. The van der Waals surface area contributed by atoms with Gasteiger partial charge in [0.2, 0.25) is 5.95 Å². The van der Waals surface area contributed by atoms with E-state index in [0.717, 1.165) is 5.56 Å². The molecule has 4 nitrogen and oxygen atoms in total. The van der Waals surface area contributed by atoms with Gasteiger partial charge in [-0.05, 0) is 30.0 Å². The molecule has 0 aliphatic carbocycles. The van der Waals surface area contributed by atoms with Gasteiger partial charge in [-0.2, -0.15) is 0 Å². The van der Waals surface area contributed by atoms with Crippen molar-refractivity contribution in [1.82, 2.24) is 9.97 Å². The zero-order chi connectivity index (χ0) is 15.6. The Morgan fingerprint density at radius 2 is 1.86 bits per heavy atom. The average molecular weight is 304 g/mol. The zero-order valence-corrected chi connectivity index (χ0v) is 13.3. The first-order valence-electron chi connectivity index (χ1n) is 6.69. The maximum Gasteiger partial charge on any atom is 0.258 e. The summed E-state index contributed by atoms with van der Waals surface area (Å²) in [6.07, 6.45) is 0. The molecule has 0 aliphatic heterocycles. The third-order valence-electron chi connectivity index (χ3n) is 3.03. The Kier molecular flexibility index (Phi) is 4.28. The van der Waals surface area contributed by atoms with Crippen LogP contribution in [0.4, 0.5) is 5.95 Å². The Morgan fingerprint density at radius 3 is 2.48 bits per heavy atom. The Balaban J connectivity index is 2.33. The van der Waals surface area contributed by atoms with Crippen LogP contribution in [-0.2, 0) is 5.41 Å². The van der Waals surface area contributed by atoms with Gasteiger partial charge in [0.25, 0.3) is 5.91 Å². The SMILES string of the molecule is Cc1cc(Cl)nc(NC(=O)c2ccccc2C(C)(C)C)n1. The summed E-state index contributed by atoms with van der Waals surface area (Å²) in [7, 11) is 0. The molecule has 110 valence electrons. The fraction of sp³-hybridized carbons (Fsp3) is 0.312. The second-order valence-corrected chi connectivity index (χ2v) is 6.29. The number of rotatable bonds is 2. The predicted octanol–water partition coefficient (Wildman–Crippen LogP) is 3.99. The Bertz CT molecular complexity index is 657. The minimum absolute atomic E-state index is 0.126. The van der Waals surface area contributed by atoms with Crippen LogP contribution in [0.5, 0.6) is 0 Å². The fourth-order valence-electron chi connectivity index (χ4n) is 2.09. The molecule has 0 unspecified atom stereocenters. The van der Waals surface area contributed by atoms with Crippen molar-refractivity contribution in [2.45, 2.75) is 33.1 Å². The highest BCUT2D eigenvalue weighted by Crippen LogP contribution is 2.26. The van der Waals surface area contributed by atoms with Gasteiger partial charge in [0.1, 0.15) is 5.15 Å². The maximum atomic E-state index is 12.5. The summed E-state index contributed by atoms with van der Waals surface area (Å²) in [5, 5.41) is 3.01. The predicted molar refractivity (Wildman–Crippen MR) is 84.9 cm³/mol. The number of halogens is 1. The first-order valence-corrected chi connectivity index (χ1v) is 7.07. The van der Waals surface area contributed by atoms with Crippen molar-refractivity contribution in [2.75, 3.05) is 5.32 Å². The van der Waals surface area contributed by atoms with Crippen LogP contribution in [0.1, 0.15) is 42.4 Å². The number of nitrogens with zero attached hydrogens (tertiary/aromatic N) is 2. The highest BCUT2D eigenvalue weighted by atomic mass is 35.5.